The number of unbranched alkanes of at least 4 members (excludes halogenated alkanes) is 1. The van der Waals surface area contributed by atoms with Crippen LogP contribution in [0.25, 0.3) is 0 Å². The Morgan fingerprint density at radius 2 is 2.19 bits per heavy atom. The van der Waals surface area contributed by atoms with E-state index in [4.69, 9.17) is 4.74 Å². The van der Waals surface area contributed by atoms with Crippen LogP contribution in [0.5, 0.6) is 0 Å². The fourth-order valence-corrected chi connectivity index (χ4v) is 2.48. The molecule has 1 aromatic rings. The second-order valence-electron chi connectivity index (χ2n) is 4.25. The topological polar surface area (TPSA) is 32.8 Å². The van der Waals surface area contributed by atoms with E-state index in [9.17, 15) is 5.11 Å². The summed E-state index contributed by atoms with van der Waals surface area (Å²) in [5, 5.41) is 10.2. The highest BCUT2D eigenvalue weighted by atomic mass is 79.9. The summed E-state index contributed by atoms with van der Waals surface area (Å²) in [6, 6.07) is 7.77. The molecule has 0 spiro atoms. The first kappa shape index (κ1) is 12.1. The summed E-state index contributed by atoms with van der Waals surface area (Å²) in [6.45, 7) is 2.17. The Morgan fingerprint density at radius 1 is 1.44 bits per heavy atom. The first-order valence-corrected chi connectivity index (χ1v) is 6.61. The number of ether oxygens (including phenoxy) is 1. The molecule has 2 rings (SSSR count). The van der Waals surface area contributed by atoms with Gasteiger partial charge in [-0.1, -0.05) is 53.9 Å². The van der Waals surface area contributed by atoms with Gasteiger partial charge in [0.1, 0.15) is 12.2 Å². The molecule has 3 heteroatoms. The van der Waals surface area contributed by atoms with E-state index >= 15 is 0 Å². The van der Waals surface area contributed by atoms with Gasteiger partial charge in [-0.05, 0) is 18.1 Å². The van der Waals surface area contributed by atoms with E-state index in [1.807, 2.05) is 24.3 Å². The SMILES string of the molecule is CCCCC1OC1C(O)c1ccccc1Br. The minimum Gasteiger partial charge on any atom is -0.386 e. The maximum atomic E-state index is 10.2. The summed E-state index contributed by atoms with van der Waals surface area (Å²) in [4.78, 5) is 0. The van der Waals surface area contributed by atoms with E-state index in [-0.39, 0.29) is 12.2 Å². The van der Waals surface area contributed by atoms with Gasteiger partial charge in [-0.15, -0.1) is 0 Å². The molecule has 1 aromatic carbocycles. The molecular weight excluding hydrogens is 268 g/mol. The van der Waals surface area contributed by atoms with Crippen molar-refractivity contribution < 1.29 is 9.84 Å². The highest BCUT2D eigenvalue weighted by Crippen LogP contribution is 2.39. The zero-order valence-corrected chi connectivity index (χ0v) is 11.0. The Kier molecular flexibility index (Phi) is 4.00. The third-order valence-corrected chi connectivity index (χ3v) is 3.72. The van der Waals surface area contributed by atoms with E-state index in [0.29, 0.717) is 0 Å². The standard InChI is InChI=1S/C13H17BrO2/c1-2-3-8-11-13(16-11)12(15)9-6-4-5-7-10(9)14/h4-7,11-13,15H,2-3,8H2,1H3. The number of aliphatic hydroxyl groups excluding tert-OH is 1. The van der Waals surface area contributed by atoms with E-state index in [1.54, 1.807) is 0 Å². The molecule has 1 N–H and O–H groups in total. The van der Waals surface area contributed by atoms with Gasteiger partial charge < -0.3 is 9.84 Å². The molecule has 3 unspecified atom stereocenters. The second-order valence-corrected chi connectivity index (χ2v) is 5.10. The second kappa shape index (κ2) is 5.30. The summed E-state index contributed by atoms with van der Waals surface area (Å²) in [7, 11) is 0. The molecule has 2 nitrogen and oxygen atoms in total. The molecule has 1 fully saturated rings. The summed E-state index contributed by atoms with van der Waals surface area (Å²) in [6.07, 6.45) is 3.15. The largest absolute Gasteiger partial charge is 0.386 e. The monoisotopic (exact) mass is 284 g/mol. The molecule has 1 saturated heterocycles. The summed E-state index contributed by atoms with van der Waals surface area (Å²) in [5.74, 6) is 0. The molecule has 16 heavy (non-hydrogen) atoms. The molecular formula is C13H17BrO2. The summed E-state index contributed by atoms with van der Waals surface area (Å²) < 4.78 is 6.47. The van der Waals surface area contributed by atoms with Crippen molar-refractivity contribution in [3.05, 3.63) is 34.3 Å². The van der Waals surface area contributed by atoms with Crippen LogP contribution < -0.4 is 0 Å². The molecule has 0 aromatic heterocycles. The smallest absolute Gasteiger partial charge is 0.114 e. The van der Waals surface area contributed by atoms with Crippen molar-refractivity contribution in [2.45, 2.75) is 44.5 Å². The van der Waals surface area contributed by atoms with E-state index < -0.39 is 6.10 Å². The van der Waals surface area contributed by atoms with Gasteiger partial charge in [0.15, 0.2) is 0 Å². The maximum absolute atomic E-state index is 10.2. The summed E-state index contributed by atoms with van der Waals surface area (Å²) in [5.41, 5.74) is 0.923. The van der Waals surface area contributed by atoms with E-state index in [1.165, 1.54) is 12.8 Å². The molecule has 1 heterocycles. The fourth-order valence-electron chi connectivity index (χ4n) is 1.96. The molecule has 0 amide bonds. The Bertz CT molecular complexity index is 354. The van der Waals surface area contributed by atoms with Crippen molar-refractivity contribution in [3.63, 3.8) is 0 Å². The number of epoxide rings is 1. The quantitative estimate of drug-likeness (QED) is 0.841. The zero-order chi connectivity index (χ0) is 11.5. The molecule has 0 aliphatic carbocycles. The van der Waals surface area contributed by atoms with Gasteiger partial charge in [-0.3, -0.25) is 0 Å². The lowest BCUT2D eigenvalue weighted by Gasteiger charge is -2.09. The molecule has 0 saturated carbocycles. The zero-order valence-electron chi connectivity index (χ0n) is 9.40. The molecule has 1 aliphatic heterocycles. The highest BCUT2D eigenvalue weighted by Gasteiger charge is 2.44. The van der Waals surface area contributed by atoms with Gasteiger partial charge in [0.25, 0.3) is 0 Å². The van der Waals surface area contributed by atoms with Gasteiger partial charge >= 0.3 is 0 Å². The lowest BCUT2D eigenvalue weighted by Crippen LogP contribution is -2.08. The molecule has 0 radical (unpaired) electrons. The van der Waals surface area contributed by atoms with E-state index in [2.05, 4.69) is 22.9 Å². The number of hydrogen-bond acceptors (Lipinski definition) is 2. The van der Waals surface area contributed by atoms with Crippen LogP contribution >= 0.6 is 15.9 Å². The minimum atomic E-state index is -0.502. The van der Waals surface area contributed by atoms with Gasteiger partial charge in [0, 0.05) is 4.47 Å². The van der Waals surface area contributed by atoms with Crippen molar-refractivity contribution in [1.29, 1.82) is 0 Å². The van der Waals surface area contributed by atoms with Crippen LogP contribution in [0.3, 0.4) is 0 Å². The van der Waals surface area contributed by atoms with Crippen LogP contribution in [0.2, 0.25) is 0 Å². The van der Waals surface area contributed by atoms with Crippen molar-refractivity contribution in [1.82, 2.24) is 0 Å². The Labute approximate surface area is 105 Å². The van der Waals surface area contributed by atoms with Crippen molar-refractivity contribution in [2.75, 3.05) is 0 Å². The average Bonchev–Trinajstić information content (AvgIpc) is 3.05. The predicted molar refractivity (Wildman–Crippen MR) is 67.3 cm³/mol. The lowest BCUT2D eigenvalue weighted by molar-refractivity contribution is 0.136. The number of benzene rings is 1. The fraction of sp³-hybridized carbons (Fsp3) is 0.538. The Hall–Kier alpha value is -0.380. The van der Waals surface area contributed by atoms with Gasteiger partial charge in [-0.2, -0.15) is 0 Å². The number of rotatable bonds is 5. The van der Waals surface area contributed by atoms with Crippen molar-refractivity contribution in [2.24, 2.45) is 0 Å². The van der Waals surface area contributed by atoms with Crippen molar-refractivity contribution >= 4 is 15.9 Å². The maximum Gasteiger partial charge on any atom is 0.114 e. The summed E-state index contributed by atoms with van der Waals surface area (Å²) >= 11 is 3.45. The molecule has 3 atom stereocenters. The molecule has 88 valence electrons. The van der Waals surface area contributed by atoms with Crippen LogP contribution in [0.15, 0.2) is 28.7 Å². The first-order valence-electron chi connectivity index (χ1n) is 5.82. The van der Waals surface area contributed by atoms with Gasteiger partial charge in [0.2, 0.25) is 0 Å². The lowest BCUT2D eigenvalue weighted by atomic mass is 10.0. The molecule has 1 aliphatic rings. The Balaban J connectivity index is 1.95. The molecule has 0 bridgehead atoms. The average molecular weight is 285 g/mol. The highest BCUT2D eigenvalue weighted by molar-refractivity contribution is 9.10. The number of hydrogen-bond donors (Lipinski definition) is 1. The number of halogens is 1. The minimum absolute atomic E-state index is 0.00903. The first-order chi connectivity index (χ1) is 7.74. The predicted octanol–water partition coefficient (Wildman–Crippen LogP) is 3.44. The Morgan fingerprint density at radius 3 is 2.88 bits per heavy atom. The van der Waals surface area contributed by atoms with Crippen LogP contribution in [-0.2, 0) is 4.74 Å². The normalized spacial score (nSPS) is 25.4. The van der Waals surface area contributed by atoms with Crippen LogP contribution in [0.4, 0.5) is 0 Å². The third kappa shape index (κ3) is 2.65. The van der Waals surface area contributed by atoms with E-state index in [0.717, 1.165) is 16.5 Å². The van der Waals surface area contributed by atoms with Gasteiger partial charge in [-0.25, -0.2) is 0 Å². The van der Waals surface area contributed by atoms with Crippen LogP contribution in [0, 0.1) is 0 Å². The van der Waals surface area contributed by atoms with Gasteiger partial charge in [0.05, 0.1) is 6.10 Å². The third-order valence-electron chi connectivity index (χ3n) is 3.00. The van der Waals surface area contributed by atoms with Crippen molar-refractivity contribution in [3.8, 4) is 0 Å². The van der Waals surface area contributed by atoms with Crippen LogP contribution in [-0.4, -0.2) is 17.3 Å². The van der Waals surface area contributed by atoms with Crippen LogP contribution in [0.1, 0.15) is 37.9 Å². The number of aliphatic hydroxyl groups is 1.